The highest BCUT2D eigenvalue weighted by atomic mass is 14.7. The van der Waals surface area contributed by atoms with Gasteiger partial charge in [0.2, 0.25) is 0 Å². The van der Waals surface area contributed by atoms with E-state index in [0.29, 0.717) is 0 Å². The van der Waals surface area contributed by atoms with Crippen LogP contribution in [0, 0.1) is 18.3 Å². The third-order valence-electron chi connectivity index (χ3n) is 2.52. The van der Waals surface area contributed by atoms with E-state index in [1.54, 1.807) is 0 Å². The predicted molar refractivity (Wildman–Crippen MR) is 46.8 cm³/mol. The number of rotatable bonds is 0. The van der Waals surface area contributed by atoms with Gasteiger partial charge in [-0.3, -0.25) is 0 Å². The lowest BCUT2D eigenvalue weighted by Crippen LogP contribution is -2.06. The lowest BCUT2D eigenvalue weighted by molar-refractivity contribution is 0.630. The summed E-state index contributed by atoms with van der Waals surface area (Å²) in [5, 5.41) is 8.88. The number of nitrogens with zero attached hydrogens (tertiary/aromatic N) is 1. The van der Waals surface area contributed by atoms with Crippen molar-refractivity contribution in [3.63, 3.8) is 0 Å². The molecule has 0 saturated heterocycles. The maximum Gasteiger partial charge on any atom is 0.0730 e. The van der Waals surface area contributed by atoms with E-state index < -0.39 is 0 Å². The van der Waals surface area contributed by atoms with Gasteiger partial charge in [-0.25, -0.2) is 0 Å². The zero-order valence-electron chi connectivity index (χ0n) is 7.22. The maximum atomic E-state index is 8.88. The average Bonchev–Trinajstić information content (AvgIpc) is 2.44. The lowest BCUT2D eigenvalue weighted by Gasteiger charge is -2.15. The SMILES string of the molecule is Cc1cc2c([nH]1)CCCC2C#N. The molecular weight excluding hydrogens is 148 g/mol. The fraction of sp³-hybridized carbons (Fsp3) is 0.500. The van der Waals surface area contributed by atoms with Crippen LogP contribution >= 0.6 is 0 Å². The summed E-state index contributed by atoms with van der Waals surface area (Å²) >= 11 is 0. The number of hydrogen-bond donors (Lipinski definition) is 1. The van der Waals surface area contributed by atoms with Crippen molar-refractivity contribution in [2.24, 2.45) is 0 Å². The summed E-state index contributed by atoms with van der Waals surface area (Å²) < 4.78 is 0. The minimum Gasteiger partial charge on any atom is -0.362 e. The van der Waals surface area contributed by atoms with Gasteiger partial charge < -0.3 is 4.98 Å². The van der Waals surface area contributed by atoms with E-state index in [2.05, 4.69) is 17.1 Å². The fourth-order valence-corrected chi connectivity index (χ4v) is 1.96. The minimum absolute atomic E-state index is 0.138. The predicted octanol–water partition coefficient (Wildman–Crippen LogP) is 2.27. The molecule has 1 aliphatic rings. The van der Waals surface area contributed by atoms with E-state index >= 15 is 0 Å². The number of aryl methyl sites for hydroxylation is 2. The van der Waals surface area contributed by atoms with Crippen molar-refractivity contribution in [1.82, 2.24) is 4.98 Å². The summed E-state index contributed by atoms with van der Waals surface area (Å²) in [7, 11) is 0. The molecular formula is C10H12N2. The molecule has 0 aromatic carbocycles. The Hall–Kier alpha value is -1.23. The molecule has 0 amide bonds. The van der Waals surface area contributed by atoms with Crippen LogP contribution in [0.4, 0.5) is 0 Å². The van der Waals surface area contributed by atoms with Crippen molar-refractivity contribution in [2.75, 3.05) is 0 Å². The Bertz CT molecular complexity index is 330. The average molecular weight is 160 g/mol. The molecule has 0 radical (unpaired) electrons. The Morgan fingerprint density at radius 2 is 2.50 bits per heavy atom. The lowest BCUT2D eigenvalue weighted by atomic mass is 9.88. The van der Waals surface area contributed by atoms with Crippen molar-refractivity contribution in [3.8, 4) is 6.07 Å². The molecule has 1 N–H and O–H groups in total. The first-order valence-electron chi connectivity index (χ1n) is 4.39. The molecule has 1 unspecified atom stereocenters. The quantitative estimate of drug-likeness (QED) is 0.621. The Morgan fingerprint density at radius 3 is 3.25 bits per heavy atom. The highest BCUT2D eigenvalue weighted by Crippen LogP contribution is 2.31. The van der Waals surface area contributed by atoms with Gasteiger partial charge in [0.25, 0.3) is 0 Å². The van der Waals surface area contributed by atoms with Gasteiger partial charge >= 0.3 is 0 Å². The second-order valence-corrected chi connectivity index (χ2v) is 3.46. The van der Waals surface area contributed by atoms with Crippen LogP contribution in [0.3, 0.4) is 0 Å². The van der Waals surface area contributed by atoms with Crippen molar-refractivity contribution < 1.29 is 0 Å². The molecule has 1 atom stereocenters. The summed E-state index contributed by atoms with van der Waals surface area (Å²) in [5.74, 6) is 0.138. The second kappa shape index (κ2) is 2.67. The molecule has 12 heavy (non-hydrogen) atoms. The zero-order valence-corrected chi connectivity index (χ0v) is 7.22. The van der Waals surface area contributed by atoms with E-state index in [-0.39, 0.29) is 5.92 Å². The highest BCUT2D eigenvalue weighted by Gasteiger charge is 2.20. The van der Waals surface area contributed by atoms with Gasteiger partial charge in [-0.15, -0.1) is 0 Å². The molecule has 1 heterocycles. The highest BCUT2D eigenvalue weighted by molar-refractivity contribution is 5.34. The minimum atomic E-state index is 0.138. The molecule has 1 aromatic heterocycles. The normalized spacial score (nSPS) is 21.5. The molecule has 0 aliphatic heterocycles. The van der Waals surface area contributed by atoms with Crippen LogP contribution in [0.15, 0.2) is 6.07 Å². The molecule has 2 nitrogen and oxygen atoms in total. The Labute approximate surface area is 72.2 Å². The van der Waals surface area contributed by atoms with Gasteiger partial charge in [-0.2, -0.15) is 5.26 Å². The van der Waals surface area contributed by atoms with Crippen molar-refractivity contribution >= 4 is 0 Å². The number of fused-ring (bicyclic) bond motifs is 1. The summed E-state index contributed by atoms with van der Waals surface area (Å²) in [4.78, 5) is 3.31. The largest absolute Gasteiger partial charge is 0.362 e. The van der Waals surface area contributed by atoms with E-state index in [4.69, 9.17) is 5.26 Å². The Morgan fingerprint density at radius 1 is 1.67 bits per heavy atom. The third-order valence-corrected chi connectivity index (χ3v) is 2.52. The summed E-state index contributed by atoms with van der Waals surface area (Å²) in [6.07, 6.45) is 3.29. The van der Waals surface area contributed by atoms with Gasteiger partial charge in [-0.1, -0.05) is 0 Å². The van der Waals surface area contributed by atoms with Gasteiger partial charge in [0.05, 0.1) is 12.0 Å². The zero-order chi connectivity index (χ0) is 8.55. The monoisotopic (exact) mass is 160 g/mol. The molecule has 1 aliphatic carbocycles. The first kappa shape index (κ1) is 7.42. The molecule has 2 rings (SSSR count). The van der Waals surface area contributed by atoms with Crippen LogP contribution in [-0.4, -0.2) is 4.98 Å². The van der Waals surface area contributed by atoms with E-state index in [1.807, 2.05) is 6.92 Å². The van der Waals surface area contributed by atoms with Gasteiger partial charge in [0.15, 0.2) is 0 Å². The summed E-state index contributed by atoms with van der Waals surface area (Å²) in [5.41, 5.74) is 3.70. The summed E-state index contributed by atoms with van der Waals surface area (Å²) in [6, 6.07) is 4.47. The Kier molecular flexibility index (Phi) is 1.65. The number of hydrogen-bond acceptors (Lipinski definition) is 1. The third kappa shape index (κ3) is 1.02. The van der Waals surface area contributed by atoms with Crippen LogP contribution in [0.1, 0.15) is 35.7 Å². The van der Waals surface area contributed by atoms with E-state index in [0.717, 1.165) is 19.3 Å². The molecule has 2 heteroatoms. The van der Waals surface area contributed by atoms with Crippen LogP contribution in [0.25, 0.3) is 0 Å². The van der Waals surface area contributed by atoms with Crippen molar-refractivity contribution in [2.45, 2.75) is 32.1 Å². The number of nitriles is 1. The molecule has 1 aromatic rings. The number of nitrogens with one attached hydrogen (secondary N) is 1. The second-order valence-electron chi connectivity index (χ2n) is 3.46. The first-order valence-corrected chi connectivity index (χ1v) is 4.39. The van der Waals surface area contributed by atoms with E-state index in [1.165, 1.54) is 17.0 Å². The number of aromatic nitrogens is 1. The topological polar surface area (TPSA) is 39.6 Å². The summed E-state index contributed by atoms with van der Waals surface area (Å²) in [6.45, 7) is 2.05. The maximum absolute atomic E-state index is 8.88. The molecule has 0 spiro atoms. The molecule has 62 valence electrons. The fourth-order valence-electron chi connectivity index (χ4n) is 1.96. The standard InChI is InChI=1S/C10H12N2/c1-7-5-9-8(6-11)3-2-4-10(9)12-7/h5,8,12H,2-4H2,1H3. The van der Waals surface area contributed by atoms with Crippen LogP contribution in [0.5, 0.6) is 0 Å². The van der Waals surface area contributed by atoms with Gasteiger partial charge in [0, 0.05) is 11.4 Å². The first-order chi connectivity index (χ1) is 5.81. The van der Waals surface area contributed by atoms with Crippen LogP contribution in [0.2, 0.25) is 0 Å². The van der Waals surface area contributed by atoms with Crippen LogP contribution < -0.4 is 0 Å². The number of aromatic amines is 1. The number of H-pyrrole nitrogens is 1. The van der Waals surface area contributed by atoms with Gasteiger partial charge in [0.1, 0.15) is 0 Å². The smallest absolute Gasteiger partial charge is 0.0730 e. The Balaban J connectivity index is 2.45. The van der Waals surface area contributed by atoms with Gasteiger partial charge in [-0.05, 0) is 37.8 Å². The van der Waals surface area contributed by atoms with Crippen LogP contribution in [-0.2, 0) is 6.42 Å². The van der Waals surface area contributed by atoms with E-state index in [9.17, 15) is 0 Å². The molecule has 0 saturated carbocycles. The molecule has 0 fully saturated rings. The molecule has 0 bridgehead atoms. The van der Waals surface area contributed by atoms with Crippen molar-refractivity contribution in [1.29, 1.82) is 5.26 Å². The van der Waals surface area contributed by atoms with Crippen molar-refractivity contribution in [3.05, 3.63) is 23.0 Å².